The highest BCUT2D eigenvalue weighted by atomic mass is 32.2. The summed E-state index contributed by atoms with van der Waals surface area (Å²) in [6, 6.07) is 6.37. The lowest BCUT2D eigenvalue weighted by Crippen LogP contribution is -2.41. The van der Waals surface area contributed by atoms with E-state index in [0.29, 0.717) is 24.9 Å². The third-order valence-electron chi connectivity index (χ3n) is 3.22. The maximum Gasteiger partial charge on any atom is 0.235 e. The van der Waals surface area contributed by atoms with Gasteiger partial charge in [0.25, 0.3) is 0 Å². The summed E-state index contributed by atoms with van der Waals surface area (Å²) in [6.45, 7) is 2.35. The van der Waals surface area contributed by atoms with Crippen molar-refractivity contribution in [2.24, 2.45) is 0 Å². The van der Waals surface area contributed by atoms with Crippen molar-refractivity contribution >= 4 is 15.9 Å². The molecule has 1 aromatic carbocycles. The van der Waals surface area contributed by atoms with Gasteiger partial charge in [-0.3, -0.25) is 4.79 Å². The number of halogens is 1. The molecule has 124 valence electrons. The first-order valence-electron chi connectivity index (χ1n) is 7.29. The molecule has 22 heavy (non-hydrogen) atoms. The first-order chi connectivity index (χ1) is 10.3. The zero-order valence-corrected chi connectivity index (χ0v) is 13.8. The third-order valence-corrected chi connectivity index (χ3v) is 4.47. The average Bonchev–Trinajstić information content (AvgIpc) is 2.44. The van der Waals surface area contributed by atoms with Crippen molar-refractivity contribution in [1.82, 2.24) is 9.62 Å². The van der Waals surface area contributed by atoms with E-state index in [1.165, 1.54) is 6.07 Å². The lowest BCUT2D eigenvalue weighted by Gasteiger charge is -2.19. The minimum Gasteiger partial charge on any atom is -0.355 e. The summed E-state index contributed by atoms with van der Waals surface area (Å²) < 4.78 is 37.8. The molecule has 1 amide bonds. The van der Waals surface area contributed by atoms with Gasteiger partial charge in [-0.25, -0.2) is 12.8 Å². The van der Waals surface area contributed by atoms with Crippen LogP contribution >= 0.6 is 0 Å². The van der Waals surface area contributed by atoms with Crippen LogP contribution in [0.1, 0.15) is 25.3 Å². The van der Waals surface area contributed by atoms with Crippen molar-refractivity contribution in [3.63, 3.8) is 0 Å². The Labute approximate surface area is 131 Å². The Hall–Kier alpha value is -1.47. The summed E-state index contributed by atoms with van der Waals surface area (Å²) in [5, 5.41) is 2.63. The zero-order chi connectivity index (χ0) is 16.6. The van der Waals surface area contributed by atoms with E-state index in [0.717, 1.165) is 17.0 Å². The molecule has 0 atom stereocenters. The monoisotopic (exact) mass is 330 g/mol. The normalized spacial score (nSPS) is 11.6. The maximum atomic E-state index is 13.4. The van der Waals surface area contributed by atoms with Crippen LogP contribution in [0.2, 0.25) is 0 Å². The Morgan fingerprint density at radius 2 is 2.00 bits per heavy atom. The SMILES string of the molecule is CCCCN(CC(=O)NCCc1ccccc1F)S(C)(=O)=O. The van der Waals surface area contributed by atoms with Gasteiger partial charge in [0.2, 0.25) is 15.9 Å². The van der Waals surface area contributed by atoms with Gasteiger partial charge in [-0.2, -0.15) is 4.31 Å². The fourth-order valence-corrected chi connectivity index (χ4v) is 2.76. The van der Waals surface area contributed by atoms with E-state index in [-0.39, 0.29) is 24.8 Å². The number of rotatable bonds is 9. The van der Waals surface area contributed by atoms with Crippen LogP contribution < -0.4 is 5.32 Å². The molecular formula is C15H23FN2O3S. The second kappa shape index (κ2) is 8.85. The molecule has 1 N–H and O–H groups in total. The van der Waals surface area contributed by atoms with Crippen molar-refractivity contribution in [3.05, 3.63) is 35.6 Å². The molecule has 0 unspecified atom stereocenters. The second-order valence-electron chi connectivity index (χ2n) is 5.14. The van der Waals surface area contributed by atoms with Crippen molar-refractivity contribution in [2.75, 3.05) is 25.9 Å². The van der Waals surface area contributed by atoms with Crippen molar-refractivity contribution in [2.45, 2.75) is 26.2 Å². The molecule has 0 fully saturated rings. The number of hydrogen-bond acceptors (Lipinski definition) is 3. The van der Waals surface area contributed by atoms with E-state index in [9.17, 15) is 17.6 Å². The molecule has 7 heteroatoms. The van der Waals surface area contributed by atoms with Crippen LogP contribution in [0.4, 0.5) is 4.39 Å². The van der Waals surface area contributed by atoms with Crippen LogP contribution in [0.5, 0.6) is 0 Å². The smallest absolute Gasteiger partial charge is 0.235 e. The van der Waals surface area contributed by atoms with Gasteiger partial charge in [0.05, 0.1) is 12.8 Å². The highest BCUT2D eigenvalue weighted by molar-refractivity contribution is 7.88. The molecule has 5 nitrogen and oxygen atoms in total. The minimum absolute atomic E-state index is 0.198. The third kappa shape index (κ3) is 6.53. The molecule has 0 aliphatic carbocycles. The van der Waals surface area contributed by atoms with Crippen molar-refractivity contribution < 1.29 is 17.6 Å². The van der Waals surface area contributed by atoms with E-state index in [1.54, 1.807) is 18.2 Å². The van der Waals surface area contributed by atoms with Gasteiger partial charge < -0.3 is 5.32 Å². The minimum atomic E-state index is -3.40. The Morgan fingerprint density at radius 3 is 2.59 bits per heavy atom. The average molecular weight is 330 g/mol. The standard InChI is InChI=1S/C15H23FN2O3S/c1-3-4-11-18(22(2,20)21)12-15(19)17-10-9-13-7-5-6-8-14(13)16/h5-8H,3-4,9-12H2,1-2H3,(H,17,19). The summed E-state index contributed by atoms with van der Waals surface area (Å²) in [5.41, 5.74) is 0.522. The van der Waals surface area contributed by atoms with Crippen LogP contribution in [0, 0.1) is 5.82 Å². The number of nitrogens with one attached hydrogen (secondary N) is 1. The van der Waals surface area contributed by atoms with Crippen LogP contribution in [0.15, 0.2) is 24.3 Å². The molecule has 0 aliphatic rings. The van der Waals surface area contributed by atoms with Crippen LogP contribution in [-0.4, -0.2) is 44.5 Å². The largest absolute Gasteiger partial charge is 0.355 e. The number of unbranched alkanes of at least 4 members (excludes halogenated alkanes) is 1. The Morgan fingerprint density at radius 1 is 1.32 bits per heavy atom. The van der Waals surface area contributed by atoms with Gasteiger partial charge in [0.15, 0.2) is 0 Å². The number of hydrogen-bond donors (Lipinski definition) is 1. The van der Waals surface area contributed by atoms with Gasteiger partial charge in [-0.1, -0.05) is 31.5 Å². The first-order valence-corrected chi connectivity index (χ1v) is 9.14. The number of sulfonamides is 1. The quantitative estimate of drug-likeness (QED) is 0.747. The number of benzene rings is 1. The fraction of sp³-hybridized carbons (Fsp3) is 0.533. The van der Waals surface area contributed by atoms with Gasteiger partial charge in [0, 0.05) is 13.1 Å². The number of amides is 1. The molecule has 0 saturated carbocycles. The van der Waals surface area contributed by atoms with Crippen LogP contribution in [0.25, 0.3) is 0 Å². The summed E-state index contributed by atoms with van der Waals surface area (Å²) >= 11 is 0. The number of nitrogens with zero attached hydrogens (tertiary/aromatic N) is 1. The summed E-state index contributed by atoms with van der Waals surface area (Å²) in [7, 11) is -3.40. The van der Waals surface area contributed by atoms with Gasteiger partial charge in [-0.15, -0.1) is 0 Å². The zero-order valence-electron chi connectivity index (χ0n) is 13.0. The topological polar surface area (TPSA) is 66.5 Å². The van der Waals surface area contributed by atoms with Gasteiger partial charge in [0.1, 0.15) is 5.82 Å². The van der Waals surface area contributed by atoms with E-state index in [2.05, 4.69) is 5.32 Å². The summed E-state index contributed by atoms with van der Waals surface area (Å²) in [4.78, 5) is 11.8. The molecule has 0 saturated heterocycles. The predicted octanol–water partition coefficient (Wildman–Crippen LogP) is 1.55. The highest BCUT2D eigenvalue weighted by Gasteiger charge is 2.19. The Bertz CT molecular complexity index is 590. The molecule has 0 heterocycles. The summed E-state index contributed by atoms with van der Waals surface area (Å²) in [6.07, 6.45) is 3.01. The molecule has 1 aromatic rings. The van der Waals surface area contributed by atoms with Crippen molar-refractivity contribution in [1.29, 1.82) is 0 Å². The molecule has 0 spiro atoms. The molecule has 0 radical (unpaired) electrons. The van der Waals surface area contributed by atoms with E-state index < -0.39 is 10.0 Å². The Balaban J connectivity index is 2.45. The lowest BCUT2D eigenvalue weighted by molar-refractivity contribution is -0.121. The van der Waals surface area contributed by atoms with Crippen LogP contribution in [0.3, 0.4) is 0 Å². The van der Waals surface area contributed by atoms with E-state index in [4.69, 9.17) is 0 Å². The molecule has 0 bridgehead atoms. The molecular weight excluding hydrogens is 307 g/mol. The van der Waals surface area contributed by atoms with Crippen LogP contribution in [-0.2, 0) is 21.2 Å². The predicted molar refractivity (Wildman–Crippen MR) is 84.4 cm³/mol. The molecule has 0 aromatic heterocycles. The van der Waals surface area contributed by atoms with E-state index in [1.807, 2.05) is 6.92 Å². The lowest BCUT2D eigenvalue weighted by atomic mass is 10.1. The first kappa shape index (κ1) is 18.6. The molecule has 1 rings (SSSR count). The van der Waals surface area contributed by atoms with Crippen molar-refractivity contribution in [3.8, 4) is 0 Å². The fourth-order valence-electron chi connectivity index (χ4n) is 1.95. The van der Waals surface area contributed by atoms with Gasteiger partial charge >= 0.3 is 0 Å². The van der Waals surface area contributed by atoms with E-state index >= 15 is 0 Å². The molecule has 0 aliphatic heterocycles. The highest BCUT2D eigenvalue weighted by Crippen LogP contribution is 2.06. The number of carbonyl (C=O) groups is 1. The van der Waals surface area contributed by atoms with Gasteiger partial charge in [-0.05, 0) is 24.5 Å². The maximum absolute atomic E-state index is 13.4. The second-order valence-corrected chi connectivity index (χ2v) is 7.12. The number of carbonyl (C=O) groups excluding carboxylic acids is 1. The summed E-state index contributed by atoms with van der Waals surface area (Å²) in [5.74, 6) is -0.685. The Kier molecular flexibility index (Phi) is 7.47.